The molecule has 0 aromatic heterocycles. The molecule has 0 fully saturated rings. The minimum absolute atomic E-state index is 0. The second kappa shape index (κ2) is 9.35. The summed E-state index contributed by atoms with van der Waals surface area (Å²) in [6.45, 7) is 6.65. The predicted molar refractivity (Wildman–Crippen MR) is 70.4 cm³/mol. The molecule has 1 rings (SSSR count). The molecule has 88 valence electrons. The zero-order valence-electron chi connectivity index (χ0n) is 11.3. The van der Waals surface area contributed by atoms with E-state index in [4.69, 9.17) is 5.32 Å². The molecule has 0 aliphatic carbocycles. The molecule has 0 saturated heterocycles. The quantitative estimate of drug-likeness (QED) is 0.525. The predicted octanol–water partition coefficient (Wildman–Crippen LogP) is 1.41. The van der Waals surface area contributed by atoms with Crippen LogP contribution in [0.15, 0.2) is 11.4 Å². The van der Waals surface area contributed by atoms with Crippen molar-refractivity contribution in [3.63, 3.8) is 0 Å². The number of rotatable bonds is 6. The maximum Gasteiger partial charge on any atom is 1.00 e. The Kier molecular flexibility index (Phi) is 10.2. The van der Waals surface area contributed by atoms with E-state index in [9.17, 15) is 0 Å². The summed E-state index contributed by atoms with van der Waals surface area (Å²) in [7, 11) is 2.82. The summed E-state index contributed by atoms with van der Waals surface area (Å²) in [6, 6.07) is 0. The van der Waals surface area contributed by atoms with Gasteiger partial charge in [0.05, 0.1) is 0 Å². The molecule has 2 nitrogen and oxygen atoms in total. The molecule has 0 spiro atoms. The Hall–Kier alpha value is 1.41. The van der Waals surface area contributed by atoms with Crippen LogP contribution >= 0.6 is 9.39 Å². The Morgan fingerprint density at radius 2 is 1.75 bits per heavy atom. The van der Waals surface area contributed by atoms with Gasteiger partial charge in [0.15, 0.2) is 0 Å². The number of nitrogens with zero attached hydrogens (tertiary/aromatic N) is 2. The summed E-state index contributed by atoms with van der Waals surface area (Å²) in [5.74, 6) is 0. The van der Waals surface area contributed by atoms with Crippen molar-refractivity contribution in [2.45, 2.75) is 65.5 Å². The van der Waals surface area contributed by atoms with Crippen LogP contribution in [0.1, 0.15) is 59.3 Å². The fourth-order valence-electron chi connectivity index (χ4n) is 1.91. The van der Waals surface area contributed by atoms with E-state index in [2.05, 4.69) is 34.8 Å². The van der Waals surface area contributed by atoms with E-state index in [1.165, 1.54) is 43.5 Å². The number of hydrogen-bond acceptors (Lipinski definition) is 1. The third-order valence-electron chi connectivity index (χ3n) is 2.92. The van der Waals surface area contributed by atoms with Crippen LogP contribution < -0.4 is 51.4 Å². The third-order valence-corrected chi connectivity index (χ3v) is 3.67. The molecular weight excluding hydrogens is 242 g/mol. The van der Waals surface area contributed by atoms with Crippen LogP contribution in [0.3, 0.4) is 0 Å². The zero-order valence-corrected chi connectivity index (χ0v) is 15.6. The first-order valence-electron chi connectivity index (χ1n) is 6.17. The Bertz CT molecular complexity index is 231. The molecule has 0 amide bonds. The van der Waals surface area contributed by atoms with Crippen molar-refractivity contribution < 1.29 is 51.4 Å². The Labute approximate surface area is 146 Å². The van der Waals surface area contributed by atoms with E-state index in [1.54, 1.807) is 0 Å². The van der Waals surface area contributed by atoms with E-state index < -0.39 is 0 Å². The molecule has 2 atom stereocenters. The third kappa shape index (κ3) is 4.95. The summed E-state index contributed by atoms with van der Waals surface area (Å²) < 4.78 is 2.26. The normalized spacial score (nSPS) is 19.8. The largest absolute Gasteiger partial charge is 1.00 e. The Balaban J connectivity index is 0.00000225. The van der Waals surface area contributed by atoms with E-state index >= 15 is 0 Å². The first-order chi connectivity index (χ1) is 7.20. The molecule has 0 bridgehead atoms. The van der Waals surface area contributed by atoms with Gasteiger partial charge in [-0.2, -0.15) is 0 Å². The first-order valence-corrected chi connectivity index (χ1v) is 6.69. The van der Waals surface area contributed by atoms with Crippen LogP contribution in [0.2, 0.25) is 0 Å². The van der Waals surface area contributed by atoms with Crippen molar-refractivity contribution in [3.8, 4) is 0 Å². The van der Waals surface area contributed by atoms with Crippen LogP contribution in [-0.2, 0) is 0 Å². The van der Waals surface area contributed by atoms with Gasteiger partial charge < -0.3 is 9.99 Å². The van der Waals surface area contributed by atoms with Gasteiger partial charge in [-0.3, -0.25) is 0 Å². The SMILES string of the molecule is CCCCC1=C(CCCC)N(P)C(C)[N-]1.[K+]. The van der Waals surface area contributed by atoms with Crippen molar-refractivity contribution in [2.24, 2.45) is 0 Å². The zero-order chi connectivity index (χ0) is 11.3. The minimum Gasteiger partial charge on any atom is -0.667 e. The van der Waals surface area contributed by atoms with Gasteiger partial charge in [0.2, 0.25) is 0 Å². The summed E-state index contributed by atoms with van der Waals surface area (Å²) in [5, 5.41) is 4.73. The van der Waals surface area contributed by atoms with Gasteiger partial charge in [-0.1, -0.05) is 40.0 Å². The van der Waals surface area contributed by atoms with E-state index in [0.29, 0.717) is 6.17 Å². The van der Waals surface area contributed by atoms with Gasteiger partial charge in [0.25, 0.3) is 0 Å². The van der Waals surface area contributed by atoms with Gasteiger partial charge >= 0.3 is 51.4 Å². The molecule has 1 heterocycles. The van der Waals surface area contributed by atoms with Gasteiger partial charge in [0.1, 0.15) is 0 Å². The number of hydrogen-bond donors (Lipinski definition) is 0. The van der Waals surface area contributed by atoms with Crippen molar-refractivity contribution in [3.05, 3.63) is 16.7 Å². The molecule has 1 aliphatic rings. The first kappa shape index (κ1) is 17.4. The summed E-state index contributed by atoms with van der Waals surface area (Å²) >= 11 is 0. The van der Waals surface area contributed by atoms with Crippen LogP contribution in [0.25, 0.3) is 5.32 Å². The molecule has 2 unspecified atom stereocenters. The van der Waals surface area contributed by atoms with E-state index in [0.717, 1.165) is 6.42 Å². The molecule has 0 saturated carbocycles. The van der Waals surface area contributed by atoms with Crippen molar-refractivity contribution in [1.29, 1.82) is 0 Å². The van der Waals surface area contributed by atoms with Crippen molar-refractivity contribution >= 4 is 9.39 Å². The standard InChI is InChI=1S/C12H24N2P.K/c1-4-6-8-11-12(9-7-5-2)14(15)10(3)13-11;/h10H,4-9,15H2,1-3H3;/q-1;+1. The second-order valence-electron chi connectivity index (χ2n) is 4.27. The molecular formula is C12H24KN2P. The number of allylic oxidation sites excluding steroid dienone is 2. The van der Waals surface area contributed by atoms with Crippen LogP contribution in [0.4, 0.5) is 0 Å². The molecule has 4 heteroatoms. The Morgan fingerprint density at radius 1 is 1.19 bits per heavy atom. The molecule has 16 heavy (non-hydrogen) atoms. The van der Waals surface area contributed by atoms with Crippen LogP contribution in [0, 0.1) is 0 Å². The molecule has 0 aromatic rings. The molecule has 0 radical (unpaired) electrons. The van der Waals surface area contributed by atoms with Gasteiger partial charge in [-0.05, 0) is 40.5 Å². The van der Waals surface area contributed by atoms with E-state index in [1.807, 2.05) is 0 Å². The maximum absolute atomic E-state index is 4.73. The second-order valence-corrected chi connectivity index (χ2v) is 4.83. The smallest absolute Gasteiger partial charge is 0.667 e. The van der Waals surface area contributed by atoms with Crippen molar-refractivity contribution in [1.82, 2.24) is 4.67 Å². The summed E-state index contributed by atoms with van der Waals surface area (Å²) in [6.07, 6.45) is 7.73. The molecule has 0 N–H and O–H groups in total. The van der Waals surface area contributed by atoms with Gasteiger partial charge in [0, 0.05) is 0 Å². The van der Waals surface area contributed by atoms with Crippen molar-refractivity contribution in [2.75, 3.05) is 0 Å². The fraction of sp³-hybridized carbons (Fsp3) is 0.833. The maximum atomic E-state index is 4.73. The fourth-order valence-corrected chi connectivity index (χ4v) is 2.25. The van der Waals surface area contributed by atoms with E-state index in [-0.39, 0.29) is 51.4 Å². The average molecular weight is 266 g/mol. The summed E-state index contributed by atoms with van der Waals surface area (Å²) in [5.41, 5.74) is 2.82. The minimum atomic E-state index is 0. The summed E-state index contributed by atoms with van der Waals surface area (Å²) in [4.78, 5) is 0. The Morgan fingerprint density at radius 3 is 2.31 bits per heavy atom. The number of unbranched alkanes of at least 4 members (excludes halogenated alkanes) is 2. The topological polar surface area (TPSA) is 17.3 Å². The molecule has 0 aromatic carbocycles. The van der Waals surface area contributed by atoms with Crippen LogP contribution in [0.5, 0.6) is 0 Å². The molecule has 1 aliphatic heterocycles. The average Bonchev–Trinajstić information content (AvgIpc) is 2.50. The monoisotopic (exact) mass is 266 g/mol. The van der Waals surface area contributed by atoms with Gasteiger partial charge in [-0.15, -0.1) is 5.70 Å². The van der Waals surface area contributed by atoms with Crippen LogP contribution in [-0.4, -0.2) is 10.8 Å². The van der Waals surface area contributed by atoms with Gasteiger partial charge in [-0.25, -0.2) is 0 Å².